The van der Waals surface area contributed by atoms with Crippen LogP contribution in [-0.2, 0) is 12.8 Å². The maximum absolute atomic E-state index is 6.35. The van der Waals surface area contributed by atoms with Gasteiger partial charge >= 0.3 is 0 Å². The molecule has 0 saturated carbocycles. The van der Waals surface area contributed by atoms with Crippen LogP contribution < -0.4 is 4.74 Å². The van der Waals surface area contributed by atoms with E-state index in [4.69, 9.17) is 16.3 Å². The van der Waals surface area contributed by atoms with Crippen LogP contribution in [-0.4, -0.2) is 6.61 Å². The van der Waals surface area contributed by atoms with E-state index >= 15 is 0 Å². The van der Waals surface area contributed by atoms with E-state index in [1.165, 1.54) is 16.7 Å². The first-order valence-electron chi connectivity index (χ1n) is 8.38. The van der Waals surface area contributed by atoms with Gasteiger partial charge in [0, 0.05) is 15.9 Å². The predicted octanol–water partition coefficient (Wildman–Crippen LogP) is 6.68. The molecular weight excluding hydrogens is 396 g/mol. The molecule has 0 spiro atoms. The highest BCUT2D eigenvalue weighted by atomic mass is 79.9. The molecule has 0 aliphatic rings. The van der Waals surface area contributed by atoms with Gasteiger partial charge in [0.15, 0.2) is 0 Å². The second kappa shape index (κ2) is 8.55. The maximum Gasteiger partial charge on any atom is 0.122 e. The van der Waals surface area contributed by atoms with Gasteiger partial charge in [0.1, 0.15) is 5.75 Å². The smallest absolute Gasteiger partial charge is 0.122 e. The Balaban J connectivity index is 1.90. The molecule has 3 rings (SSSR count). The summed E-state index contributed by atoms with van der Waals surface area (Å²) in [7, 11) is 0. The first kappa shape index (κ1) is 18.0. The van der Waals surface area contributed by atoms with Gasteiger partial charge in [-0.25, -0.2) is 0 Å². The molecule has 0 fully saturated rings. The number of rotatable bonds is 6. The van der Waals surface area contributed by atoms with Crippen molar-refractivity contribution in [3.05, 3.63) is 98.5 Å². The third-order valence-electron chi connectivity index (χ3n) is 4.06. The number of ether oxygens (including phenoxy) is 1. The van der Waals surface area contributed by atoms with E-state index in [-0.39, 0.29) is 0 Å². The van der Waals surface area contributed by atoms with Crippen molar-refractivity contribution in [2.45, 2.75) is 19.8 Å². The van der Waals surface area contributed by atoms with Crippen molar-refractivity contribution in [3.8, 4) is 5.75 Å². The quantitative estimate of drug-likeness (QED) is 0.436. The maximum atomic E-state index is 6.35. The van der Waals surface area contributed by atoms with E-state index in [2.05, 4.69) is 64.5 Å². The number of benzene rings is 3. The Morgan fingerprint density at radius 1 is 0.840 bits per heavy atom. The monoisotopic (exact) mass is 414 g/mol. The van der Waals surface area contributed by atoms with Gasteiger partial charge in [-0.2, -0.15) is 0 Å². The van der Waals surface area contributed by atoms with Crippen LogP contribution in [0.15, 0.2) is 71.2 Å². The van der Waals surface area contributed by atoms with Gasteiger partial charge in [0.25, 0.3) is 0 Å². The van der Waals surface area contributed by atoms with Gasteiger partial charge in [-0.3, -0.25) is 0 Å². The second-order valence-corrected chi connectivity index (χ2v) is 7.27. The van der Waals surface area contributed by atoms with Crippen LogP contribution in [0.25, 0.3) is 0 Å². The summed E-state index contributed by atoms with van der Waals surface area (Å²) in [6.45, 7) is 2.68. The summed E-state index contributed by atoms with van der Waals surface area (Å²) in [5, 5.41) is 0.793. The summed E-state index contributed by atoms with van der Waals surface area (Å²) >= 11 is 9.87. The van der Waals surface area contributed by atoms with E-state index in [9.17, 15) is 0 Å². The lowest BCUT2D eigenvalue weighted by Crippen LogP contribution is -2.00. The average molecular weight is 416 g/mol. The van der Waals surface area contributed by atoms with Crippen LogP contribution in [0.5, 0.6) is 5.75 Å². The number of halogens is 2. The minimum absolute atomic E-state index is 0.665. The van der Waals surface area contributed by atoms with Crippen molar-refractivity contribution < 1.29 is 4.74 Å². The highest BCUT2D eigenvalue weighted by molar-refractivity contribution is 9.10. The summed E-state index contributed by atoms with van der Waals surface area (Å²) in [4.78, 5) is 0. The molecule has 0 bridgehead atoms. The average Bonchev–Trinajstić information content (AvgIpc) is 2.61. The zero-order chi connectivity index (χ0) is 17.6. The minimum Gasteiger partial charge on any atom is -0.494 e. The molecule has 0 atom stereocenters. The van der Waals surface area contributed by atoms with Crippen LogP contribution in [0.1, 0.15) is 29.2 Å². The Bertz CT molecular complexity index is 846. The zero-order valence-corrected chi connectivity index (χ0v) is 16.5. The van der Waals surface area contributed by atoms with Crippen molar-refractivity contribution >= 4 is 27.5 Å². The summed E-state index contributed by atoms with van der Waals surface area (Å²) in [5.41, 5.74) is 4.83. The summed E-state index contributed by atoms with van der Waals surface area (Å²) in [5.74, 6) is 0.954. The van der Waals surface area contributed by atoms with Crippen LogP contribution in [0.3, 0.4) is 0 Å². The molecule has 0 amide bonds. The SMILES string of the molecule is CCOc1ccc(Cc2cc(Br)ccc2Cl)cc1Cc1ccccc1. The number of hydrogen-bond acceptors (Lipinski definition) is 1. The molecular formula is C22H20BrClO. The third kappa shape index (κ3) is 4.87. The van der Waals surface area contributed by atoms with Crippen LogP contribution in [0.2, 0.25) is 5.02 Å². The van der Waals surface area contributed by atoms with Crippen molar-refractivity contribution in [3.63, 3.8) is 0 Å². The minimum atomic E-state index is 0.665. The molecule has 0 aliphatic heterocycles. The van der Waals surface area contributed by atoms with Crippen molar-refractivity contribution in [1.29, 1.82) is 0 Å². The summed E-state index contributed by atoms with van der Waals surface area (Å²) in [6, 6.07) is 22.9. The fourth-order valence-corrected chi connectivity index (χ4v) is 3.48. The lowest BCUT2D eigenvalue weighted by molar-refractivity contribution is 0.337. The number of hydrogen-bond donors (Lipinski definition) is 0. The van der Waals surface area contributed by atoms with Gasteiger partial charge in [-0.05, 0) is 59.9 Å². The largest absolute Gasteiger partial charge is 0.494 e. The van der Waals surface area contributed by atoms with E-state index < -0.39 is 0 Å². The fourth-order valence-electron chi connectivity index (χ4n) is 2.89. The molecule has 25 heavy (non-hydrogen) atoms. The molecule has 3 aromatic carbocycles. The summed E-state index contributed by atoms with van der Waals surface area (Å²) < 4.78 is 6.87. The molecule has 0 aliphatic carbocycles. The van der Waals surface area contributed by atoms with Gasteiger partial charge in [0.05, 0.1) is 6.61 Å². The molecule has 3 aromatic rings. The Labute approximate surface area is 162 Å². The van der Waals surface area contributed by atoms with Crippen molar-refractivity contribution in [2.24, 2.45) is 0 Å². The summed E-state index contributed by atoms with van der Waals surface area (Å²) in [6.07, 6.45) is 1.66. The van der Waals surface area contributed by atoms with E-state index in [1.54, 1.807) is 0 Å². The normalized spacial score (nSPS) is 10.7. The zero-order valence-electron chi connectivity index (χ0n) is 14.1. The lowest BCUT2D eigenvalue weighted by atomic mass is 9.98. The van der Waals surface area contributed by atoms with E-state index in [0.717, 1.165) is 33.6 Å². The molecule has 0 radical (unpaired) electrons. The van der Waals surface area contributed by atoms with E-state index in [1.807, 2.05) is 25.1 Å². The van der Waals surface area contributed by atoms with Crippen LogP contribution in [0, 0.1) is 0 Å². The molecule has 0 N–H and O–H groups in total. The second-order valence-electron chi connectivity index (χ2n) is 5.95. The molecule has 1 nitrogen and oxygen atoms in total. The molecule has 128 valence electrons. The fraction of sp³-hybridized carbons (Fsp3) is 0.182. The molecule has 0 heterocycles. The molecule has 0 unspecified atom stereocenters. The van der Waals surface area contributed by atoms with Crippen molar-refractivity contribution in [1.82, 2.24) is 0 Å². The van der Waals surface area contributed by atoms with Gasteiger partial charge in [-0.1, -0.05) is 70.0 Å². The van der Waals surface area contributed by atoms with Crippen LogP contribution >= 0.6 is 27.5 Å². The van der Waals surface area contributed by atoms with Crippen LogP contribution in [0.4, 0.5) is 0 Å². The van der Waals surface area contributed by atoms with Crippen molar-refractivity contribution in [2.75, 3.05) is 6.61 Å². The Morgan fingerprint density at radius 3 is 2.36 bits per heavy atom. The first-order chi connectivity index (χ1) is 12.2. The Morgan fingerprint density at radius 2 is 1.60 bits per heavy atom. The molecule has 0 aromatic heterocycles. The van der Waals surface area contributed by atoms with Gasteiger partial charge in [0.2, 0.25) is 0 Å². The lowest BCUT2D eigenvalue weighted by Gasteiger charge is -2.13. The molecule has 0 saturated heterocycles. The first-order valence-corrected chi connectivity index (χ1v) is 9.55. The third-order valence-corrected chi connectivity index (χ3v) is 4.93. The highest BCUT2D eigenvalue weighted by Gasteiger charge is 2.09. The topological polar surface area (TPSA) is 9.23 Å². The van der Waals surface area contributed by atoms with Gasteiger partial charge in [-0.15, -0.1) is 0 Å². The molecule has 3 heteroatoms. The van der Waals surface area contributed by atoms with Gasteiger partial charge < -0.3 is 4.74 Å². The highest BCUT2D eigenvalue weighted by Crippen LogP contribution is 2.27. The Hall–Kier alpha value is -1.77. The van der Waals surface area contributed by atoms with E-state index in [0.29, 0.717) is 6.61 Å². The standard InChI is InChI=1S/C22H20BrClO/c1-2-25-22-11-8-17(13-18-15-20(23)9-10-21(18)24)14-19(22)12-16-6-4-3-5-7-16/h3-11,14-15H,2,12-13H2,1H3. The Kier molecular flexibility index (Phi) is 6.17. The predicted molar refractivity (Wildman–Crippen MR) is 109 cm³/mol.